The highest BCUT2D eigenvalue weighted by molar-refractivity contribution is 6.01. The van der Waals surface area contributed by atoms with Gasteiger partial charge in [-0.1, -0.05) is 0 Å². The van der Waals surface area contributed by atoms with E-state index in [1.54, 1.807) is 30.7 Å². The number of hydrogen-bond donors (Lipinski definition) is 3. The summed E-state index contributed by atoms with van der Waals surface area (Å²) in [5, 5.41) is 3.90. The molecule has 0 saturated heterocycles. The number of hydrogen-bond acceptors (Lipinski definition) is 5. The van der Waals surface area contributed by atoms with E-state index in [0.717, 1.165) is 16.6 Å². The summed E-state index contributed by atoms with van der Waals surface area (Å²) in [5.74, 6) is 0.207. The van der Waals surface area contributed by atoms with Crippen molar-refractivity contribution in [1.29, 1.82) is 0 Å². The lowest BCUT2D eigenvalue weighted by atomic mass is 10.1. The predicted molar refractivity (Wildman–Crippen MR) is 76.0 cm³/mol. The van der Waals surface area contributed by atoms with Gasteiger partial charge in [0.15, 0.2) is 0 Å². The molecule has 20 heavy (non-hydrogen) atoms. The standard InChI is InChI=1S/C13H13FN6/c14-3-6-16-10-2-4-17-12-11(10)8(7-19-12)9-1-5-18-13(15)20-9/h1-2,4-5,7H,3,6H2,(H2,15,18,20)(H2,16,17,19). The maximum absolute atomic E-state index is 12.4. The lowest BCUT2D eigenvalue weighted by Gasteiger charge is -2.07. The second-order valence-corrected chi connectivity index (χ2v) is 4.20. The molecular formula is C13H13FN6. The average molecular weight is 272 g/mol. The number of pyridine rings is 1. The average Bonchev–Trinajstić information content (AvgIpc) is 2.89. The van der Waals surface area contributed by atoms with Crippen LogP contribution < -0.4 is 11.1 Å². The molecule has 3 rings (SSSR count). The number of nitrogens with zero attached hydrogens (tertiary/aromatic N) is 3. The van der Waals surface area contributed by atoms with Crippen molar-refractivity contribution in [2.45, 2.75) is 0 Å². The van der Waals surface area contributed by atoms with Gasteiger partial charge in [0.2, 0.25) is 5.95 Å². The van der Waals surface area contributed by atoms with E-state index in [1.807, 2.05) is 0 Å². The zero-order chi connectivity index (χ0) is 13.9. The molecule has 3 aromatic rings. The number of aromatic amines is 1. The van der Waals surface area contributed by atoms with Crippen molar-refractivity contribution >= 4 is 22.7 Å². The van der Waals surface area contributed by atoms with Crippen LogP contribution in [-0.2, 0) is 0 Å². The first-order valence-electron chi connectivity index (χ1n) is 6.14. The number of nitrogens with one attached hydrogen (secondary N) is 2. The Hall–Kier alpha value is -2.70. The van der Waals surface area contributed by atoms with Crippen LogP contribution in [-0.4, -0.2) is 33.2 Å². The number of fused-ring (bicyclic) bond motifs is 1. The van der Waals surface area contributed by atoms with Crippen LogP contribution in [0, 0.1) is 0 Å². The molecule has 102 valence electrons. The van der Waals surface area contributed by atoms with E-state index < -0.39 is 6.67 Å². The third-order valence-electron chi connectivity index (χ3n) is 2.93. The van der Waals surface area contributed by atoms with Crippen LogP contribution in [0.15, 0.2) is 30.7 Å². The predicted octanol–water partition coefficient (Wildman–Crippen LogP) is 1.98. The molecule has 4 N–H and O–H groups in total. The number of H-pyrrole nitrogens is 1. The number of nitrogens with two attached hydrogens (primary N) is 1. The zero-order valence-electron chi connectivity index (χ0n) is 10.6. The normalized spacial score (nSPS) is 10.8. The lowest BCUT2D eigenvalue weighted by molar-refractivity contribution is 0.513. The summed E-state index contributed by atoms with van der Waals surface area (Å²) in [7, 11) is 0. The highest BCUT2D eigenvalue weighted by Crippen LogP contribution is 2.31. The van der Waals surface area contributed by atoms with E-state index in [4.69, 9.17) is 5.73 Å². The molecule has 6 nitrogen and oxygen atoms in total. The maximum Gasteiger partial charge on any atom is 0.220 e. The first kappa shape index (κ1) is 12.3. The molecule has 7 heteroatoms. The molecule has 0 atom stereocenters. The van der Waals surface area contributed by atoms with Crippen molar-refractivity contribution in [3.63, 3.8) is 0 Å². The summed E-state index contributed by atoms with van der Waals surface area (Å²) in [6, 6.07) is 3.57. The van der Waals surface area contributed by atoms with Gasteiger partial charge in [-0.15, -0.1) is 0 Å². The second-order valence-electron chi connectivity index (χ2n) is 4.20. The van der Waals surface area contributed by atoms with Crippen molar-refractivity contribution in [2.75, 3.05) is 24.3 Å². The minimum absolute atomic E-state index is 0.207. The fourth-order valence-corrected chi connectivity index (χ4v) is 2.11. The molecule has 0 aliphatic rings. The van der Waals surface area contributed by atoms with E-state index >= 15 is 0 Å². The molecule has 3 heterocycles. The summed E-state index contributed by atoms with van der Waals surface area (Å²) in [4.78, 5) is 15.4. The highest BCUT2D eigenvalue weighted by atomic mass is 19.1. The van der Waals surface area contributed by atoms with Gasteiger partial charge in [-0.25, -0.2) is 19.3 Å². The van der Waals surface area contributed by atoms with E-state index in [0.29, 0.717) is 11.3 Å². The van der Waals surface area contributed by atoms with Crippen LogP contribution in [0.3, 0.4) is 0 Å². The minimum atomic E-state index is -0.440. The Morgan fingerprint density at radius 3 is 2.90 bits per heavy atom. The molecule has 0 bridgehead atoms. The topological polar surface area (TPSA) is 92.5 Å². The summed E-state index contributed by atoms with van der Waals surface area (Å²) in [6.07, 6.45) is 5.07. The smallest absolute Gasteiger partial charge is 0.220 e. The molecule has 0 aliphatic heterocycles. The zero-order valence-corrected chi connectivity index (χ0v) is 10.6. The Labute approximate surface area is 114 Å². The number of alkyl halides is 1. The van der Waals surface area contributed by atoms with Gasteiger partial charge in [-0.2, -0.15) is 0 Å². The number of aromatic nitrogens is 4. The number of anilines is 2. The van der Waals surface area contributed by atoms with Gasteiger partial charge in [-0.3, -0.25) is 0 Å². The van der Waals surface area contributed by atoms with Crippen LogP contribution in [0.4, 0.5) is 16.0 Å². The van der Waals surface area contributed by atoms with E-state index in [-0.39, 0.29) is 12.5 Å². The summed E-state index contributed by atoms with van der Waals surface area (Å²) in [6.45, 7) is -0.195. The van der Waals surface area contributed by atoms with Crippen LogP contribution in [0.25, 0.3) is 22.3 Å². The van der Waals surface area contributed by atoms with Crippen LogP contribution in [0.5, 0.6) is 0 Å². The van der Waals surface area contributed by atoms with Crippen molar-refractivity contribution in [1.82, 2.24) is 19.9 Å². The lowest BCUT2D eigenvalue weighted by Crippen LogP contribution is -2.03. The fourth-order valence-electron chi connectivity index (χ4n) is 2.11. The van der Waals surface area contributed by atoms with Crippen molar-refractivity contribution in [3.05, 3.63) is 30.7 Å². The molecule has 0 fully saturated rings. The van der Waals surface area contributed by atoms with Gasteiger partial charge in [0.1, 0.15) is 12.3 Å². The molecule has 0 radical (unpaired) electrons. The Morgan fingerprint density at radius 1 is 1.25 bits per heavy atom. The fraction of sp³-hybridized carbons (Fsp3) is 0.154. The van der Waals surface area contributed by atoms with Gasteiger partial charge >= 0.3 is 0 Å². The Bertz CT molecular complexity index is 739. The van der Waals surface area contributed by atoms with E-state index in [9.17, 15) is 4.39 Å². The summed E-state index contributed by atoms with van der Waals surface area (Å²) < 4.78 is 12.4. The Balaban J connectivity index is 2.16. The first-order valence-corrected chi connectivity index (χ1v) is 6.14. The van der Waals surface area contributed by atoms with Gasteiger partial charge in [0.25, 0.3) is 0 Å². The number of halogens is 1. The van der Waals surface area contributed by atoms with Gasteiger partial charge in [0, 0.05) is 36.4 Å². The van der Waals surface area contributed by atoms with E-state index in [1.165, 1.54) is 0 Å². The van der Waals surface area contributed by atoms with Crippen molar-refractivity contribution < 1.29 is 4.39 Å². The third-order valence-corrected chi connectivity index (χ3v) is 2.93. The second kappa shape index (κ2) is 5.12. The monoisotopic (exact) mass is 272 g/mol. The molecule has 0 spiro atoms. The summed E-state index contributed by atoms with van der Waals surface area (Å²) in [5.41, 5.74) is 8.67. The molecular weight excluding hydrogens is 259 g/mol. The Morgan fingerprint density at radius 2 is 2.10 bits per heavy atom. The minimum Gasteiger partial charge on any atom is -0.382 e. The molecule has 0 amide bonds. The number of rotatable bonds is 4. The van der Waals surface area contributed by atoms with Gasteiger partial charge in [0.05, 0.1) is 11.1 Å². The SMILES string of the molecule is Nc1nccc(-c2c[nH]c3nccc(NCCF)c23)n1. The number of nitrogen functional groups attached to an aromatic ring is 1. The molecule has 0 saturated carbocycles. The van der Waals surface area contributed by atoms with E-state index in [2.05, 4.69) is 25.3 Å². The van der Waals surface area contributed by atoms with Crippen molar-refractivity contribution in [2.24, 2.45) is 0 Å². The van der Waals surface area contributed by atoms with Crippen LogP contribution >= 0.6 is 0 Å². The molecule has 0 aliphatic carbocycles. The molecule has 3 aromatic heterocycles. The molecule has 0 unspecified atom stereocenters. The Kier molecular flexibility index (Phi) is 3.16. The largest absolute Gasteiger partial charge is 0.382 e. The van der Waals surface area contributed by atoms with Gasteiger partial charge in [-0.05, 0) is 12.1 Å². The van der Waals surface area contributed by atoms with Crippen LogP contribution in [0.1, 0.15) is 0 Å². The van der Waals surface area contributed by atoms with Gasteiger partial charge < -0.3 is 16.0 Å². The quantitative estimate of drug-likeness (QED) is 0.675. The maximum atomic E-state index is 12.4. The third kappa shape index (κ3) is 2.13. The van der Waals surface area contributed by atoms with Crippen LogP contribution in [0.2, 0.25) is 0 Å². The summed E-state index contributed by atoms with van der Waals surface area (Å²) >= 11 is 0. The van der Waals surface area contributed by atoms with Crippen molar-refractivity contribution in [3.8, 4) is 11.3 Å². The first-order chi connectivity index (χ1) is 9.79. The highest BCUT2D eigenvalue weighted by Gasteiger charge is 2.12. The molecule has 0 aromatic carbocycles.